The second-order valence-electron chi connectivity index (χ2n) is 5.73. The summed E-state index contributed by atoms with van der Waals surface area (Å²) >= 11 is 2.49. The third kappa shape index (κ3) is 6.23. The van der Waals surface area contributed by atoms with Crippen molar-refractivity contribution in [2.45, 2.75) is 81.2 Å². The van der Waals surface area contributed by atoms with Gasteiger partial charge in [0.2, 0.25) is 0 Å². The zero-order chi connectivity index (χ0) is 14.3. The molecule has 1 aliphatic carbocycles. The van der Waals surface area contributed by atoms with Crippen LogP contribution in [0, 0.1) is 5.92 Å². The van der Waals surface area contributed by atoms with Crippen LogP contribution in [0.15, 0.2) is 0 Å². The molecule has 1 saturated carbocycles. The van der Waals surface area contributed by atoms with E-state index in [0.29, 0.717) is 13.0 Å². The molecule has 0 bridgehead atoms. The van der Waals surface area contributed by atoms with E-state index in [2.05, 4.69) is 29.5 Å². The molecule has 0 aromatic carbocycles. The van der Waals surface area contributed by atoms with E-state index in [1.54, 1.807) is 6.92 Å². The first-order chi connectivity index (χ1) is 9.06. The van der Waals surface area contributed by atoms with Crippen LogP contribution in [-0.2, 0) is 4.74 Å². The fourth-order valence-electron chi connectivity index (χ4n) is 2.60. The third-order valence-electron chi connectivity index (χ3n) is 3.96. The Bertz CT molecular complexity index is 240. The lowest BCUT2D eigenvalue weighted by Gasteiger charge is -2.33. The van der Waals surface area contributed by atoms with Crippen molar-refractivity contribution < 1.29 is 13.5 Å². The van der Waals surface area contributed by atoms with E-state index in [-0.39, 0.29) is 5.92 Å². The highest BCUT2D eigenvalue weighted by atomic mass is 127. The molecular weight excluding hydrogens is 361 g/mol. The van der Waals surface area contributed by atoms with Crippen LogP contribution in [0.1, 0.15) is 58.8 Å². The smallest absolute Gasteiger partial charge is 0.157 e. The number of halogens is 3. The van der Waals surface area contributed by atoms with E-state index in [1.807, 2.05) is 0 Å². The van der Waals surface area contributed by atoms with Gasteiger partial charge in [-0.2, -0.15) is 0 Å². The summed E-state index contributed by atoms with van der Waals surface area (Å²) in [4.78, 5) is 0. The summed E-state index contributed by atoms with van der Waals surface area (Å²) in [6, 6.07) is 0. The molecule has 0 aliphatic heterocycles. The molecule has 0 spiro atoms. The molecule has 1 aliphatic rings. The lowest BCUT2D eigenvalue weighted by atomic mass is 9.85. The van der Waals surface area contributed by atoms with Gasteiger partial charge >= 0.3 is 0 Å². The molecule has 0 aromatic rings. The van der Waals surface area contributed by atoms with Crippen LogP contribution in [0.4, 0.5) is 8.78 Å². The highest BCUT2D eigenvalue weighted by molar-refractivity contribution is 14.1. The number of unbranched alkanes of at least 4 members (excludes halogenated alkanes) is 1. The van der Waals surface area contributed by atoms with Gasteiger partial charge in [-0.05, 0) is 38.0 Å². The minimum absolute atomic E-state index is 0.163. The minimum Gasteiger partial charge on any atom is -0.375 e. The third-order valence-corrected chi connectivity index (χ3v) is 5.20. The van der Waals surface area contributed by atoms with Gasteiger partial charge in [0.15, 0.2) is 6.17 Å². The predicted octanol–water partition coefficient (Wildman–Crippen LogP) is 5.25. The molecule has 1 rings (SSSR count). The zero-order valence-corrected chi connectivity index (χ0v) is 14.2. The first kappa shape index (κ1) is 17.6. The second kappa shape index (κ2) is 9.48. The summed E-state index contributed by atoms with van der Waals surface area (Å²) in [5.74, 6) is -0.163. The van der Waals surface area contributed by atoms with Gasteiger partial charge in [-0.3, -0.25) is 0 Å². The molecular formula is C15H27F2IO. The Kier molecular flexibility index (Phi) is 8.78. The Hall–Kier alpha value is 0.550. The quantitative estimate of drug-likeness (QED) is 0.314. The molecule has 19 heavy (non-hydrogen) atoms. The predicted molar refractivity (Wildman–Crippen MR) is 84.5 cm³/mol. The van der Waals surface area contributed by atoms with Crippen molar-refractivity contribution in [3.8, 4) is 0 Å². The number of alkyl halides is 3. The molecule has 0 heterocycles. The van der Waals surface area contributed by atoms with Crippen LogP contribution in [0.25, 0.3) is 0 Å². The van der Waals surface area contributed by atoms with E-state index in [1.165, 1.54) is 19.3 Å². The lowest BCUT2D eigenvalue weighted by Crippen LogP contribution is -2.41. The van der Waals surface area contributed by atoms with Gasteiger partial charge in [-0.25, -0.2) is 8.78 Å². The summed E-state index contributed by atoms with van der Waals surface area (Å²) in [5, 5.41) is 0. The Morgan fingerprint density at radius 1 is 1.16 bits per heavy atom. The molecule has 0 amide bonds. The molecule has 1 fully saturated rings. The van der Waals surface area contributed by atoms with E-state index >= 15 is 0 Å². The maximum absolute atomic E-state index is 13.7. The van der Waals surface area contributed by atoms with Crippen LogP contribution in [0.5, 0.6) is 0 Å². The molecule has 0 N–H and O–H groups in total. The van der Waals surface area contributed by atoms with Gasteiger partial charge in [0.25, 0.3) is 0 Å². The molecule has 114 valence electrons. The Labute approximate surface area is 130 Å². The zero-order valence-electron chi connectivity index (χ0n) is 12.1. The van der Waals surface area contributed by atoms with Gasteiger partial charge in [0.1, 0.15) is 6.17 Å². The average molecular weight is 388 g/mol. The van der Waals surface area contributed by atoms with E-state index in [0.717, 1.165) is 23.2 Å². The number of ether oxygens (including phenoxy) is 1. The van der Waals surface area contributed by atoms with Gasteiger partial charge in [0, 0.05) is 10.5 Å². The van der Waals surface area contributed by atoms with Gasteiger partial charge in [0.05, 0.1) is 6.10 Å². The SMILES string of the molecule is CCCC(I)CCCCOC1CCC(C)C(F)C1F. The second-order valence-corrected chi connectivity index (χ2v) is 7.50. The van der Waals surface area contributed by atoms with Crippen molar-refractivity contribution in [3.63, 3.8) is 0 Å². The van der Waals surface area contributed by atoms with Crippen molar-refractivity contribution in [1.29, 1.82) is 0 Å². The highest BCUT2D eigenvalue weighted by Gasteiger charge is 2.38. The maximum Gasteiger partial charge on any atom is 0.157 e. The maximum atomic E-state index is 13.7. The van der Waals surface area contributed by atoms with Crippen molar-refractivity contribution in [1.82, 2.24) is 0 Å². The Morgan fingerprint density at radius 2 is 1.89 bits per heavy atom. The highest BCUT2D eigenvalue weighted by Crippen LogP contribution is 2.31. The lowest BCUT2D eigenvalue weighted by molar-refractivity contribution is -0.0720. The normalized spacial score (nSPS) is 33.3. The van der Waals surface area contributed by atoms with Crippen molar-refractivity contribution in [2.24, 2.45) is 5.92 Å². The van der Waals surface area contributed by atoms with E-state index in [9.17, 15) is 8.78 Å². The summed E-state index contributed by atoms with van der Waals surface area (Å²) < 4.78 is 33.5. The minimum atomic E-state index is -1.43. The monoisotopic (exact) mass is 388 g/mol. The topological polar surface area (TPSA) is 9.23 Å². The number of rotatable bonds is 8. The fourth-order valence-corrected chi connectivity index (χ4v) is 3.66. The molecule has 0 aromatic heterocycles. The van der Waals surface area contributed by atoms with Gasteiger partial charge < -0.3 is 4.74 Å². The van der Waals surface area contributed by atoms with Crippen LogP contribution in [0.3, 0.4) is 0 Å². The van der Waals surface area contributed by atoms with Crippen LogP contribution < -0.4 is 0 Å². The molecule has 5 atom stereocenters. The average Bonchev–Trinajstić information content (AvgIpc) is 2.38. The fraction of sp³-hybridized carbons (Fsp3) is 1.00. The summed E-state index contributed by atoms with van der Waals surface area (Å²) in [7, 11) is 0. The summed E-state index contributed by atoms with van der Waals surface area (Å²) in [6.45, 7) is 4.55. The van der Waals surface area contributed by atoms with Crippen LogP contribution in [0.2, 0.25) is 0 Å². The molecule has 0 radical (unpaired) electrons. The largest absolute Gasteiger partial charge is 0.375 e. The molecule has 4 heteroatoms. The molecule has 5 unspecified atom stereocenters. The summed E-state index contributed by atoms with van der Waals surface area (Å²) in [6.07, 6.45) is 3.87. The number of hydrogen-bond donors (Lipinski definition) is 0. The Morgan fingerprint density at radius 3 is 2.58 bits per heavy atom. The van der Waals surface area contributed by atoms with Gasteiger partial charge in [-0.1, -0.05) is 49.3 Å². The first-order valence-corrected chi connectivity index (χ1v) is 8.84. The van der Waals surface area contributed by atoms with Crippen molar-refractivity contribution in [3.05, 3.63) is 0 Å². The standard InChI is InChI=1S/C15H27F2IO/c1-3-6-12(18)7-4-5-10-19-13-9-8-11(2)14(16)15(13)17/h11-15H,3-10H2,1-2H3. The Balaban J connectivity index is 2.09. The van der Waals surface area contributed by atoms with Gasteiger partial charge in [-0.15, -0.1) is 0 Å². The van der Waals surface area contributed by atoms with E-state index in [4.69, 9.17) is 4.74 Å². The van der Waals surface area contributed by atoms with Crippen LogP contribution in [-0.4, -0.2) is 29.0 Å². The van der Waals surface area contributed by atoms with E-state index < -0.39 is 18.4 Å². The van der Waals surface area contributed by atoms with Crippen LogP contribution >= 0.6 is 22.6 Å². The van der Waals surface area contributed by atoms with Crippen molar-refractivity contribution in [2.75, 3.05) is 6.61 Å². The molecule has 0 saturated heterocycles. The summed E-state index contributed by atoms with van der Waals surface area (Å²) in [5.41, 5.74) is 0. The number of hydrogen-bond acceptors (Lipinski definition) is 1. The first-order valence-electron chi connectivity index (χ1n) is 7.60. The molecule has 1 nitrogen and oxygen atoms in total. The van der Waals surface area contributed by atoms with Crippen molar-refractivity contribution >= 4 is 22.6 Å².